The molecule has 0 aliphatic carbocycles. The van der Waals surface area contributed by atoms with Crippen molar-refractivity contribution in [2.45, 2.75) is 0 Å². The fraction of sp³-hybridized carbons (Fsp3) is 0.235. The zero-order chi connectivity index (χ0) is 20.5. The monoisotopic (exact) mass is 374 g/mol. The Hall–Kier alpha value is -3.69. The molecule has 2 rings (SSSR count). The average Bonchev–Trinajstić information content (AvgIpc) is 2.66. The lowest BCUT2D eigenvalue weighted by Crippen LogP contribution is -2.52. The van der Waals surface area contributed by atoms with Gasteiger partial charge in [0.15, 0.2) is 0 Å². The highest BCUT2D eigenvalue weighted by Gasteiger charge is 2.37. The lowest BCUT2D eigenvalue weighted by Gasteiger charge is -2.28. The number of carbonyl (C=O) groups excluding carboxylic acids is 3. The number of urea groups is 1. The Morgan fingerprint density at radius 2 is 1.33 bits per heavy atom. The first-order chi connectivity index (χ1) is 12.6. The molecule has 10 nitrogen and oxygen atoms in total. The van der Waals surface area contributed by atoms with Gasteiger partial charge in [-0.3, -0.25) is 33.3 Å². The molecule has 0 aromatic carbocycles. The van der Waals surface area contributed by atoms with Crippen LogP contribution in [0.15, 0.2) is 39.5 Å². The molecule has 1 aliphatic rings. The van der Waals surface area contributed by atoms with Gasteiger partial charge >= 0.3 is 11.7 Å². The molecule has 1 aliphatic heterocycles. The number of aromatic nitrogens is 2. The largest absolute Gasteiger partial charge is 0.494 e. The molecule has 27 heavy (non-hydrogen) atoms. The summed E-state index contributed by atoms with van der Waals surface area (Å²) in [4.78, 5) is 61.0. The van der Waals surface area contributed by atoms with Crippen LogP contribution in [-0.2, 0) is 23.7 Å². The van der Waals surface area contributed by atoms with Crippen LogP contribution in [0.3, 0.4) is 0 Å². The highest BCUT2D eigenvalue weighted by molar-refractivity contribution is 6.28. The first-order valence-corrected chi connectivity index (χ1v) is 7.73. The highest BCUT2D eigenvalue weighted by atomic mass is 16.3. The van der Waals surface area contributed by atoms with Crippen molar-refractivity contribution in [3.05, 3.63) is 56.3 Å². The normalized spacial score (nSPS) is 15.6. The van der Waals surface area contributed by atoms with Gasteiger partial charge in [-0.05, 0) is 12.2 Å². The third kappa shape index (κ3) is 3.36. The fourth-order valence-corrected chi connectivity index (χ4v) is 2.37. The molecule has 0 spiro atoms. The molecule has 0 bridgehead atoms. The molecular weight excluding hydrogens is 356 g/mol. The van der Waals surface area contributed by atoms with E-state index in [1.54, 1.807) is 0 Å². The summed E-state index contributed by atoms with van der Waals surface area (Å²) in [6, 6.07) is -0.716. The quantitative estimate of drug-likeness (QED) is 0.426. The van der Waals surface area contributed by atoms with Crippen LogP contribution in [-0.4, -0.2) is 56.0 Å². The Morgan fingerprint density at radius 3 is 1.89 bits per heavy atom. The standard InChI is InChI=1S/C17H18N4O6/c1-18-12(22)10(13(23)19(2)16(18)26)8-6-5-7-9-11-14(24)20(3)17(27)21(4)15(11)25/h5-9,22H,1-4H3/b7-5+,8-6+. The lowest BCUT2D eigenvalue weighted by atomic mass is 10.1. The lowest BCUT2D eigenvalue weighted by molar-refractivity contribution is -0.134. The van der Waals surface area contributed by atoms with Gasteiger partial charge in [0.25, 0.3) is 17.4 Å². The highest BCUT2D eigenvalue weighted by Crippen LogP contribution is 2.14. The number of allylic oxidation sites excluding steroid dienone is 4. The van der Waals surface area contributed by atoms with E-state index in [1.165, 1.54) is 58.6 Å². The van der Waals surface area contributed by atoms with Gasteiger partial charge in [-0.25, -0.2) is 9.59 Å². The van der Waals surface area contributed by atoms with Crippen LogP contribution in [0.5, 0.6) is 5.88 Å². The van der Waals surface area contributed by atoms with Gasteiger partial charge in [0, 0.05) is 28.2 Å². The summed E-state index contributed by atoms with van der Waals surface area (Å²) in [7, 11) is 5.15. The van der Waals surface area contributed by atoms with Crippen molar-refractivity contribution in [2.75, 3.05) is 14.1 Å². The van der Waals surface area contributed by atoms with Crippen LogP contribution in [0.25, 0.3) is 6.08 Å². The predicted octanol–water partition coefficient (Wildman–Crippen LogP) is -0.664. The van der Waals surface area contributed by atoms with E-state index < -0.39 is 35.0 Å². The van der Waals surface area contributed by atoms with E-state index in [1.807, 2.05) is 0 Å². The zero-order valence-electron chi connectivity index (χ0n) is 15.2. The number of aromatic hydroxyl groups is 1. The first-order valence-electron chi connectivity index (χ1n) is 7.73. The van der Waals surface area contributed by atoms with Crippen LogP contribution < -0.4 is 11.2 Å². The fourth-order valence-electron chi connectivity index (χ4n) is 2.37. The number of hydrogen-bond acceptors (Lipinski definition) is 6. The summed E-state index contributed by atoms with van der Waals surface area (Å²) >= 11 is 0. The van der Waals surface area contributed by atoms with E-state index in [4.69, 9.17) is 0 Å². The topological polar surface area (TPSA) is 122 Å². The smallest absolute Gasteiger partial charge is 0.333 e. The Morgan fingerprint density at radius 1 is 0.778 bits per heavy atom. The van der Waals surface area contributed by atoms with Gasteiger partial charge in [0.05, 0.1) is 0 Å². The van der Waals surface area contributed by atoms with E-state index in [0.29, 0.717) is 0 Å². The minimum atomic E-state index is -0.721. The van der Waals surface area contributed by atoms with Crippen molar-refractivity contribution in [2.24, 2.45) is 14.1 Å². The third-order valence-corrected chi connectivity index (χ3v) is 4.06. The van der Waals surface area contributed by atoms with Gasteiger partial charge in [-0.15, -0.1) is 0 Å². The van der Waals surface area contributed by atoms with Crippen LogP contribution in [0, 0.1) is 0 Å². The van der Waals surface area contributed by atoms with Crippen LogP contribution >= 0.6 is 0 Å². The molecule has 142 valence electrons. The number of rotatable bonds is 3. The van der Waals surface area contributed by atoms with E-state index in [9.17, 15) is 29.1 Å². The molecule has 10 heteroatoms. The summed E-state index contributed by atoms with van der Waals surface area (Å²) < 4.78 is 1.78. The summed E-state index contributed by atoms with van der Waals surface area (Å²) in [5.74, 6) is -1.92. The van der Waals surface area contributed by atoms with E-state index in [-0.39, 0.29) is 11.1 Å². The van der Waals surface area contributed by atoms with E-state index >= 15 is 0 Å². The molecule has 0 radical (unpaired) electrons. The van der Waals surface area contributed by atoms with Gasteiger partial charge in [-0.1, -0.05) is 18.2 Å². The van der Waals surface area contributed by atoms with Crippen molar-refractivity contribution < 1.29 is 19.5 Å². The minimum absolute atomic E-state index is 0.0909. The summed E-state index contributed by atoms with van der Waals surface area (Å²) in [6.07, 6.45) is 6.73. The van der Waals surface area contributed by atoms with Crippen molar-refractivity contribution >= 4 is 23.9 Å². The van der Waals surface area contributed by atoms with Crippen molar-refractivity contribution in [1.29, 1.82) is 0 Å². The van der Waals surface area contributed by atoms with Gasteiger partial charge in [0.1, 0.15) is 11.1 Å². The van der Waals surface area contributed by atoms with E-state index in [2.05, 4.69) is 0 Å². The van der Waals surface area contributed by atoms with Crippen LogP contribution in [0.4, 0.5) is 4.79 Å². The molecule has 1 saturated heterocycles. The first kappa shape index (κ1) is 19.6. The summed E-state index contributed by atoms with van der Waals surface area (Å²) in [5.41, 5.74) is -1.61. The molecule has 2 heterocycles. The maximum absolute atomic E-state index is 12.0. The molecule has 0 atom stereocenters. The second-order valence-electron chi connectivity index (χ2n) is 5.78. The van der Waals surface area contributed by atoms with Crippen LogP contribution in [0.2, 0.25) is 0 Å². The molecule has 1 fully saturated rings. The molecule has 4 amide bonds. The molecular formula is C17H18N4O6. The number of carbonyl (C=O) groups is 3. The van der Waals surface area contributed by atoms with Crippen LogP contribution in [0.1, 0.15) is 5.56 Å². The molecule has 1 aromatic rings. The average molecular weight is 374 g/mol. The number of likely N-dealkylation sites (N-methyl/N-ethyl adjacent to an activating group) is 2. The summed E-state index contributed by atoms with van der Waals surface area (Å²) in [6.45, 7) is 0. The molecule has 1 aromatic heterocycles. The summed E-state index contributed by atoms with van der Waals surface area (Å²) in [5, 5.41) is 9.93. The SMILES string of the molecule is CN1C(=O)C(=C/C=C/C=C/c2c(O)n(C)c(=O)n(C)c2=O)C(=O)N(C)C1=O. The van der Waals surface area contributed by atoms with Gasteiger partial charge in [0.2, 0.25) is 5.88 Å². The predicted molar refractivity (Wildman–Crippen MR) is 95.8 cm³/mol. The van der Waals surface area contributed by atoms with Crippen molar-refractivity contribution in [3.63, 3.8) is 0 Å². The maximum Gasteiger partial charge on any atom is 0.333 e. The third-order valence-electron chi connectivity index (χ3n) is 4.06. The Bertz CT molecular complexity index is 1010. The van der Waals surface area contributed by atoms with E-state index in [0.717, 1.165) is 18.9 Å². The van der Waals surface area contributed by atoms with Gasteiger partial charge < -0.3 is 5.11 Å². The second-order valence-corrected chi connectivity index (χ2v) is 5.78. The number of hydrogen-bond donors (Lipinski definition) is 1. The minimum Gasteiger partial charge on any atom is -0.494 e. The number of barbiturate groups is 1. The molecule has 1 N–H and O–H groups in total. The second kappa shape index (κ2) is 7.28. The Balaban J connectivity index is 2.29. The van der Waals surface area contributed by atoms with Gasteiger partial charge in [-0.2, -0.15) is 0 Å². The number of amides is 4. The Kier molecular flexibility index (Phi) is 5.29. The van der Waals surface area contributed by atoms with Crippen molar-refractivity contribution in [3.8, 4) is 5.88 Å². The molecule has 0 saturated carbocycles. The number of nitrogens with zero attached hydrogens (tertiary/aromatic N) is 4. The number of imide groups is 2. The molecule has 0 unspecified atom stereocenters. The Labute approximate surface area is 153 Å². The zero-order valence-corrected chi connectivity index (χ0v) is 15.2. The van der Waals surface area contributed by atoms with Crippen molar-refractivity contribution in [1.82, 2.24) is 18.9 Å². The maximum atomic E-state index is 12.0.